The van der Waals surface area contributed by atoms with E-state index < -0.39 is 0 Å². The van der Waals surface area contributed by atoms with Crippen LogP contribution in [0.15, 0.2) is 29.1 Å². The van der Waals surface area contributed by atoms with Crippen molar-refractivity contribution in [2.24, 2.45) is 0 Å². The molecule has 0 spiro atoms. The molecule has 1 amide bonds. The molecular formula is C14H13ClN2O2S. The molecule has 1 N–H and O–H groups in total. The second-order valence-electron chi connectivity index (χ2n) is 4.17. The number of carbonyl (C=O) groups excluding carboxylic acids is 2. The Hall–Kier alpha value is -1.72. The van der Waals surface area contributed by atoms with E-state index >= 15 is 0 Å². The van der Waals surface area contributed by atoms with E-state index in [9.17, 15) is 9.59 Å². The van der Waals surface area contributed by atoms with Crippen molar-refractivity contribution >= 4 is 40.4 Å². The summed E-state index contributed by atoms with van der Waals surface area (Å²) in [5.74, 6) is 0.197. The summed E-state index contributed by atoms with van der Waals surface area (Å²) in [6, 6.07) is 5.12. The van der Waals surface area contributed by atoms with Crippen LogP contribution in [-0.4, -0.2) is 16.7 Å². The van der Waals surface area contributed by atoms with Crippen LogP contribution in [0.4, 0.5) is 5.82 Å². The van der Waals surface area contributed by atoms with Gasteiger partial charge < -0.3 is 5.32 Å². The quantitative estimate of drug-likeness (QED) is 0.918. The van der Waals surface area contributed by atoms with Crippen LogP contribution in [0.25, 0.3) is 0 Å². The lowest BCUT2D eigenvalue weighted by Gasteiger charge is -2.10. The molecule has 6 heteroatoms. The van der Waals surface area contributed by atoms with E-state index in [4.69, 9.17) is 11.6 Å². The lowest BCUT2D eigenvalue weighted by Crippen LogP contribution is -2.16. The molecule has 1 aromatic carbocycles. The van der Waals surface area contributed by atoms with Crippen LogP contribution in [0.1, 0.15) is 29.3 Å². The second-order valence-corrected chi connectivity index (χ2v) is 5.30. The largest absolute Gasteiger partial charge is 0.306 e. The number of benzene rings is 1. The Morgan fingerprint density at radius 3 is 2.85 bits per heavy atom. The van der Waals surface area contributed by atoms with E-state index in [0.29, 0.717) is 28.4 Å². The van der Waals surface area contributed by atoms with Gasteiger partial charge in [-0.2, -0.15) is 0 Å². The molecule has 2 rings (SSSR count). The Kier molecular flexibility index (Phi) is 4.87. The summed E-state index contributed by atoms with van der Waals surface area (Å²) >= 11 is 7.49. The first-order chi connectivity index (χ1) is 9.61. The zero-order valence-corrected chi connectivity index (χ0v) is 12.4. The van der Waals surface area contributed by atoms with Crippen molar-refractivity contribution in [3.8, 4) is 0 Å². The summed E-state index contributed by atoms with van der Waals surface area (Å²) < 4.78 is 0. The van der Waals surface area contributed by atoms with Crippen molar-refractivity contribution in [2.45, 2.75) is 19.8 Å². The average molecular weight is 309 g/mol. The fourth-order valence-corrected chi connectivity index (χ4v) is 2.52. The minimum Gasteiger partial charge on any atom is -0.306 e. The highest BCUT2D eigenvalue weighted by Gasteiger charge is 2.17. The molecule has 0 radical (unpaired) electrons. The van der Waals surface area contributed by atoms with Crippen LogP contribution in [-0.2, 0) is 11.2 Å². The van der Waals surface area contributed by atoms with Gasteiger partial charge in [0.25, 0.3) is 5.91 Å². The normalized spacial score (nSPS) is 10.3. The SMILES string of the molecule is CCC(=O)Cc1cccc(Cl)c1C(=O)Nc1cscn1. The minimum absolute atomic E-state index is 0.0648. The maximum absolute atomic E-state index is 12.3. The number of anilines is 1. The van der Waals surface area contributed by atoms with Crippen LogP contribution in [0.3, 0.4) is 0 Å². The topological polar surface area (TPSA) is 59.1 Å². The van der Waals surface area contributed by atoms with E-state index in [1.807, 2.05) is 0 Å². The predicted molar refractivity (Wildman–Crippen MR) is 80.5 cm³/mol. The Labute approximate surface area is 125 Å². The fourth-order valence-electron chi connectivity index (χ4n) is 1.76. The Morgan fingerprint density at radius 1 is 1.40 bits per heavy atom. The molecule has 0 unspecified atom stereocenters. The number of rotatable bonds is 5. The van der Waals surface area contributed by atoms with E-state index in [2.05, 4.69) is 10.3 Å². The highest BCUT2D eigenvalue weighted by Crippen LogP contribution is 2.22. The predicted octanol–water partition coefficient (Wildman–Crippen LogP) is 3.57. The van der Waals surface area contributed by atoms with Crippen molar-refractivity contribution in [1.29, 1.82) is 0 Å². The second kappa shape index (κ2) is 6.63. The van der Waals surface area contributed by atoms with Gasteiger partial charge in [0.1, 0.15) is 11.6 Å². The van der Waals surface area contributed by atoms with Crippen molar-refractivity contribution in [3.63, 3.8) is 0 Å². The molecule has 0 saturated heterocycles. The molecule has 0 saturated carbocycles. The summed E-state index contributed by atoms with van der Waals surface area (Å²) in [6.45, 7) is 1.79. The molecule has 104 valence electrons. The van der Waals surface area contributed by atoms with E-state index in [1.54, 1.807) is 36.0 Å². The third-order valence-corrected chi connectivity index (χ3v) is 3.68. The summed E-state index contributed by atoms with van der Waals surface area (Å²) in [5.41, 5.74) is 2.60. The molecule has 0 bridgehead atoms. The van der Waals surface area contributed by atoms with Crippen LogP contribution in [0, 0.1) is 0 Å². The van der Waals surface area contributed by atoms with Gasteiger partial charge in [-0.05, 0) is 11.6 Å². The number of halogens is 1. The van der Waals surface area contributed by atoms with Crippen molar-refractivity contribution in [2.75, 3.05) is 5.32 Å². The smallest absolute Gasteiger partial charge is 0.258 e. The number of ketones is 1. The standard InChI is InChI=1S/C14H13ClN2O2S/c1-2-10(18)6-9-4-3-5-11(15)13(9)14(19)17-12-7-20-8-16-12/h3-5,7-8H,2,6H2,1H3,(H,17,19). The van der Waals surface area contributed by atoms with Gasteiger partial charge in [0, 0.05) is 18.2 Å². The Morgan fingerprint density at radius 2 is 2.20 bits per heavy atom. The van der Waals surface area contributed by atoms with Gasteiger partial charge in [-0.15, -0.1) is 11.3 Å². The zero-order chi connectivity index (χ0) is 14.5. The lowest BCUT2D eigenvalue weighted by molar-refractivity contribution is -0.118. The van der Waals surface area contributed by atoms with Crippen LogP contribution < -0.4 is 5.32 Å². The van der Waals surface area contributed by atoms with Crippen LogP contribution >= 0.6 is 22.9 Å². The summed E-state index contributed by atoms with van der Waals surface area (Å²) in [7, 11) is 0. The van der Waals surface area contributed by atoms with Gasteiger partial charge in [-0.1, -0.05) is 30.7 Å². The Balaban J connectivity index is 2.29. The van der Waals surface area contributed by atoms with E-state index in [1.165, 1.54) is 11.3 Å². The maximum Gasteiger partial charge on any atom is 0.258 e. The number of aromatic nitrogens is 1. The number of Topliss-reactive ketones (excluding diaryl/α,β-unsaturated/α-hetero) is 1. The van der Waals surface area contributed by atoms with Gasteiger partial charge in [0.2, 0.25) is 0 Å². The molecule has 4 nitrogen and oxygen atoms in total. The fraction of sp³-hybridized carbons (Fsp3) is 0.214. The summed E-state index contributed by atoms with van der Waals surface area (Å²) in [6.07, 6.45) is 0.635. The highest BCUT2D eigenvalue weighted by molar-refractivity contribution is 7.07. The highest BCUT2D eigenvalue weighted by atomic mass is 35.5. The maximum atomic E-state index is 12.3. The number of hydrogen-bond donors (Lipinski definition) is 1. The van der Waals surface area contributed by atoms with Gasteiger partial charge >= 0.3 is 0 Å². The number of hydrogen-bond acceptors (Lipinski definition) is 4. The van der Waals surface area contributed by atoms with Gasteiger partial charge in [0.05, 0.1) is 16.1 Å². The van der Waals surface area contributed by atoms with Crippen molar-refractivity contribution in [1.82, 2.24) is 4.98 Å². The first kappa shape index (κ1) is 14.7. The average Bonchev–Trinajstić information content (AvgIpc) is 2.91. The number of amides is 1. The first-order valence-electron chi connectivity index (χ1n) is 6.10. The van der Waals surface area contributed by atoms with Crippen LogP contribution in [0.5, 0.6) is 0 Å². The molecular weight excluding hydrogens is 296 g/mol. The van der Waals surface area contributed by atoms with Crippen LogP contribution in [0.2, 0.25) is 5.02 Å². The molecule has 1 heterocycles. The van der Waals surface area contributed by atoms with E-state index in [0.717, 1.165) is 0 Å². The summed E-state index contributed by atoms with van der Waals surface area (Å²) in [4.78, 5) is 27.9. The molecule has 0 aliphatic rings. The molecule has 0 aliphatic heterocycles. The number of nitrogens with zero attached hydrogens (tertiary/aromatic N) is 1. The van der Waals surface area contributed by atoms with Crippen molar-refractivity contribution in [3.05, 3.63) is 45.2 Å². The Bertz CT molecular complexity index is 626. The van der Waals surface area contributed by atoms with Gasteiger partial charge in [0.15, 0.2) is 0 Å². The molecule has 20 heavy (non-hydrogen) atoms. The molecule has 0 fully saturated rings. The third kappa shape index (κ3) is 3.43. The summed E-state index contributed by atoms with van der Waals surface area (Å²) in [5, 5.41) is 4.74. The molecule has 0 atom stereocenters. The number of thiazole rings is 1. The lowest BCUT2D eigenvalue weighted by atomic mass is 10.0. The van der Waals surface area contributed by atoms with Gasteiger partial charge in [-0.3, -0.25) is 9.59 Å². The zero-order valence-electron chi connectivity index (χ0n) is 10.9. The van der Waals surface area contributed by atoms with Crippen molar-refractivity contribution < 1.29 is 9.59 Å². The van der Waals surface area contributed by atoms with Gasteiger partial charge in [-0.25, -0.2) is 4.98 Å². The molecule has 1 aromatic heterocycles. The molecule has 0 aliphatic carbocycles. The monoisotopic (exact) mass is 308 g/mol. The third-order valence-electron chi connectivity index (χ3n) is 2.78. The molecule has 2 aromatic rings. The van der Waals surface area contributed by atoms with E-state index in [-0.39, 0.29) is 18.1 Å². The first-order valence-corrected chi connectivity index (χ1v) is 7.42. The number of carbonyl (C=O) groups is 2. The number of nitrogens with one attached hydrogen (secondary N) is 1. The minimum atomic E-state index is -0.347.